The summed E-state index contributed by atoms with van der Waals surface area (Å²) in [6.45, 7) is 0.594. The first-order chi connectivity index (χ1) is 8.94. The monoisotopic (exact) mass is 270 g/mol. The number of rotatable bonds is 3. The third-order valence-corrected chi connectivity index (χ3v) is 3.25. The van der Waals surface area contributed by atoms with Crippen molar-refractivity contribution in [2.75, 3.05) is 6.54 Å². The van der Waals surface area contributed by atoms with Gasteiger partial charge in [0.2, 0.25) is 0 Å². The first-order valence-corrected chi connectivity index (χ1v) is 5.92. The average molecular weight is 270 g/mol. The molecule has 0 atom stereocenters. The van der Waals surface area contributed by atoms with Crippen LogP contribution in [0.5, 0.6) is 5.75 Å². The van der Waals surface area contributed by atoms with Crippen LogP contribution < -0.4 is 10.5 Å². The van der Waals surface area contributed by atoms with Gasteiger partial charge in [0.15, 0.2) is 0 Å². The van der Waals surface area contributed by atoms with E-state index in [1.165, 1.54) is 6.07 Å². The van der Waals surface area contributed by atoms with Gasteiger partial charge in [-0.3, -0.25) is 0 Å². The second kappa shape index (κ2) is 5.10. The number of nitriles is 1. The molecule has 1 aromatic carbocycles. The summed E-state index contributed by atoms with van der Waals surface area (Å²) in [7, 11) is 0. The predicted octanol–water partition coefficient (Wildman–Crippen LogP) is 2.69. The van der Waals surface area contributed by atoms with Gasteiger partial charge >= 0.3 is 6.18 Å². The van der Waals surface area contributed by atoms with Crippen molar-refractivity contribution in [1.29, 1.82) is 5.26 Å². The highest BCUT2D eigenvalue weighted by Crippen LogP contribution is 2.35. The Bertz CT molecular complexity index is 502. The van der Waals surface area contributed by atoms with E-state index in [0.717, 1.165) is 25.0 Å². The molecule has 19 heavy (non-hydrogen) atoms. The molecule has 0 heterocycles. The third kappa shape index (κ3) is 2.99. The van der Waals surface area contributed by atoms with Crippen LogP contribution in [-0.4, -0.2) is 12.6 Å². The lowest BCUT2D eigenvalue weighted by Crippen LogP contribution is -2.37. The molecular formula is C13H13F3N2O. The van der Waals surface area contributed by atoms with Crippen LogP contribution in [0.2, 0.25) is 0 Å². The lowest BCUT2D eigenvalue weighted by atomic mass is 9.82. The highest BCUT2D eigenvalue weighted by molar-refractivity contribution is 5.44. The van der Waals surface area contributed by atoms with Crippen molar-refractivity contribution in [3.8, 4) is 11.8 Å². The molecule has 1 saturated carbocycles. The smallest absolute Gasteiger partial charge is 0.417 e. The van der Waals surface area contributed by atoms with E-state index in [0.29, 0.717) is 18.2 Å². The molecule has 1 fully saturated rings. The maximum atomic E-state index is 12.6. The molecule has 0 saturated heterocycles. The molecular weight excluding hydrogens is 257 g/mol. The van der Waals surface area contributed by atoms with Crippen molar-refractivity contribution >= 4 is 0 Å². The van der Waals surface area contributed by atoms with E-state index in [2.05, 4.69) is 0 Å². The summed E-state index contributed by atoms with van der Waals surface area (Å²) in [5.41, 5.74) is 4.13. The highest BCUT2D eigenvalue weighted by atomic mass is 19.4. The van der Waals surface area contributed by atoms with E-state index in [9.17, 15) is 13.2 Å². The molecule has 0 radical (unpaired) electrons. The molecule has 0 amide bonds. The van der Waals surface area contributed by atoms with Crippen molar-refractivity contribution in [2.45, 2.75) is 25.1 Å². The van der Waals surface area contributed by atoms with Crippen molar-refractivity contribution < 1.29 is 17.9 Å². The fraction of sp³-hybridized carbons (Fsp3) is 0.462. The van der Waals surface area contributed by atoms with Crippen molar-refractivity contribution in [3.05, 3.63) is 29.3 Å². The molecule has 102 valence electrons. The maximum absolute atomic E-state index is 12.6. The largest absolute Gasteiger partial charge is 0.490 e. The van der Waals surface area contributed by atoms with E-state index in [-0.39, 0.29) is 6.10 Å². The minimum atomic E-state index is -4.52. The molecule has 1 aliphatic carbocycles. The molecule has 0 aliphatic heterocycles. The zero-order valence-corrected chi connectivity index (χ0v) is 10.1. The van der Waals surface area contributed by atoms with Gasteiger partial charge in [0.25, 0.3) is 0 Å². The topological polar surface area (TPSA) is 59.0 Å². The first kappa shape index (κ1) is 13.7. The molecule has 3 nitrogen and oxygen atoms in total. The number of hydrogen-bond acceptors (Lipinski definition) is 3. The SMILES string of the molecule is N#Cc1cc(OC2CC(CN)C2)ccc1C(F)(F)F. The van der Waals surface area contributed by atoms with Crippen molar-refractivity contribution in [3.63, 3.8) is 0 Å². The van der Waals surface area contributed by atoms with Gasteiger partial charge < -0.3 is 10.5 Å². The van der Waals surface area contributed by atoms with E-state index in [1.54, 1.807) is 6.07 Å². The Balaban J connectivity index is 2.10. The van der Waals surface area contributed by atoms with Gasteiger partial charge in [0.05, 0.1) is 23.3 Å². The fourth-order valence-corrected chi connectivity index (χ4v) is 2.09. The fourth-order valence-electron chi connectivity index (χ4n) is 2.09. The second-order valence-corrected chi connectivity index (χ2v) is 4.63. The second-order valence-electron chi connectivity index (χ2n) is 4.63. The maximum Gasteiger partial charge on any atom is 0.417 e. The Labute approximate surface area is 108 Å². The summed E-state index contributed by atoms with van der Waals surface area (Å²) in [6.07, 6.45) is -2.93. The van der Waals surface area contributed by atoms with Crippen LogP contribution in [-0.2, 0) is 6.18 Å². The summed E-state index contributed by atoms with van der Waals surface area (Å²) in [5.74, 6) is 0.722. The van der Waals surface area contributed by atoms with Crippen molar-refractivity contribution in [2.24, 2.45) is 11.7 Å². The Kier molecular flexibility index (Phi) is 3.67. The molecule has 0 unspecified atom stereocenters. The van der Waals surface area contributed by atoms with E-state index >= 15 is 0 Å². The number of nitrogens with two attached hydrogens (primary N) is 1. The molecule has 2 rings (SSSR count). The minimum Gasteiger partial charge on any atom is -0.490 e. The van der Waals surface area contributed by atoms with Crippen molar-refractivity contribution in [1.82, 2.24) is 0 Å². The van der Waals surface area contributed by atoms with Crippen LogP contribution in [0, 0.1) is 17.2 Å². The average Bonchev–Trinajstić information content (AvgIpc) is 2.31. The number of alkyl halides is 3. The van der Waals surface area contributed by atoms with Gasteiger partial charge in [0.1, 0.15) is 5.75 Å². The quantitative estimate of drug-likeness (QED) is 0.918. The molecule has 2 N–H and O–H groups in total. The van der Waals surface area contributed by atoms with Crippen LogP contribution in [0.3, 0.4) is 0 Å². The molecule has 0 bridgehead atoms. The zero-order valence-electron chi connectivity index (χ0n) is 10.1. The Morgan fingerprint density at radius 2 is 2.05 bits per heavy atom. The van der Waals surface area contributed by atoms with Gasteiger partial charge in [0, 0.05) is 0 Å². The van der Waals surface area contributed by atoms with Crippen LogP contribution >= 0.6 is 0 Å². The van der Waals surface area contributed by atoms with Crippen LogP contribution in [0.25, 0.3) is 0 Å². The van der Waals surface area contributed by atoms with Crippen LogP contribution in [0.4, 0.5) is 13.2 Å². The first-order valence-electron chi connectivity index (χ1n) is 5.92. The highest BCUT2D eigenvalue weighted by Gasteiger charge is 2.34. The summed E-state index contributed by atoms with van der Waals surface area (Å²) in [4.78, 5) is 0. The lowest BCUT2D eigenvalue weighted by molar-refractivity contribution is -0.137. The van der Waals surface area contributed by atoms with Crippen LogP contribution in [0.1, 0.15) is 24.0 Å². The van der Waals surface area contributed by atoms with Gasteiger partial charge in [-0.1, -0.05) is 0 Å². The molecule has 1 aliphatic rings. The number of hydrogen-bond donors (Lipinski definition) is 1. The summed E-state index contributed by atoms with van der Waals surface area (Å²) >= 11 is 0. The predicted molar refractivity (Wildman–Crippen MR) is 62.4 cm³/mol. The van der Waals surface area contributed by atoms with E-state index in [4.69, 9.17) is 15.7 Å². The normalized spacial score (nSPS) is 22.5. The standard InChI is InChI=1S/C13H13F3N2O/c14-13(15,16)12-2-1-10(5-9(12)7-18)19-11-3-8(4-11)6-17/h1-2,5,8,11H,3-4,6,17H2. The van der Waals surface area contributed by atoms with E-state index < -0.39 is 17.3 Å². The van der Waals surface area contributed by atoms with E-state index in [1.807, 2.05) is 0 Å². The lowest BCUT2D eigenvalue weighted by Gasteiger charge is -2.34. The van der Waals surface area contributed by atoms with Gasteiger partial charge in [-0.2, -0.15) is 18.4 Å². The molecule has 6 heteroatoms. The van der Waals surface area contributed by atoms with Crippen LogP contribution in [0.15, 0.2) is 18.2 Å². The summed E-state index contributed by atoms with van der Waals surface area (Å²) in [6, 6.07) is 4.82. The minimum absolute atomic E-state index is 0.0168. The number of ether oxygens (including phenoxy) is 1. The summed E-state index contributed by atoms with van der Waals surface area (Å²) < 4.78 is 43.3. The third-order valence-electron chi connectivity index (χ3n) is 3.25. The molecule has 0 aromatic heterocycles. The van der Waals surface area contributed by atoms with Gasteiger partial charge in [-0.25, -0.2) is 0 Å². The number of halogens is 3. The molecule has 0 spiro atoms. The summed E-state index contributed by atoms with van der Waals surface area (Å²) in [5, 5.41) is 8.77. The number of benzene rings is 1. The van der Waals surface area contributed by atoms with Gasteiger partial charge in [-0.05, 0) is 43.5 Å². The molecule has 1 aromatic rings. The Hall–Kier alpha value is -1.74. The zero-order chi connectivity index (χ0) is 14.0. The Morgan fingerprint density at radius 1 is 1.37 bits per heavy atom. The number of nitrogens with zero attached hydrogens (tertiary/aromatic N) is 1. The Morgan fingerprint density at radius 3 is 2.58 bits per heavy atom. The van der Waals surface area contributed by atoms with Gasteiger partial charge in [-0.15, -0.1) is 0 Å².